The second kappa shape index (κ2) is 5.89. The Kier molecular flexibility index (Phi) is 4.23. The molecule has 1 aromatic carbocycles. The molecule has 1 aliphatic heterocycles. The average molecular weight is 282 g/mol. The summed E-state index contributed by atoms with van der Waals surface area (Å²) in [5.74, 6) is 6.81. The predicted octanol–water partition coefficient (Wildman–Crippen LogP) is 1.12. The maximum absolute atomic E-state index is 12.0. The number of carbonyl (C=O) groups is 1. The molecule has 0 saturated carbocycles. The number of thioether (sulfide) groups is 1. The van der Waals surface area contributed by atoms with Crippen molar-refractivity contribution in [2.75, 3.05) is 16.9 Å². The van der Waals surface area contributed by atoms with E-state index in [9.17, 15) is 14.9 Å². The minimum absolute atomic E-state index is 0.142. The number of nitrogen functional groups attached to an aromatic ring is 1. The van der Waals surface area contributed by atoms with Crippen LogP contribution in [0, 0.1) is 10.1 Å². The summed E-state index contributed by atoms with van der Waals surface area (Å²) >= 11 is 1.78. The molecule has 0 radical (unpaired) electrons. The van der Waals surface area contributed by atoms with Gasteiger partial charge in [0.05, 0.1) is 4.92 Å². The largest absolute Gasteiger partial charge is 0.348 e. The van der Waals surface area contributed by atoms with Crippen molar-refractivity contribution in [1.82, 2.24) is 5.32 Å². The van der Waals surface area contributed by atoms with Crippen LogP contribution in [-0.2, 0) is 0 Å². The molecular weight excluding hydrogens is 268 g/mol. The summed E-state index contributed by atoms with van der Waals surface area (Å²) < 4.78 is 0. The quantitative estimate of drug-likeness (QED) is 0.433. The first-order valence-corrected chi connectivity index (χ1v) is 6.91. The molecule has 1 heterocycles. The fourth-order valence-electron chi connectivity index (χ4n) is 1.86. The number of nitro groups is 1. The van der Waals surface area contributed by atoms with E-state index in [1.807, 2.05) is 0 Å². The Labute approximate surface area is 114 Å². The van der Waals surface area contributed by atoms with Crippen molar-refractivity contribution in [2.45, 2.75) is 12.5 Å². The molecule has 0 spiro atoms. The van der Waals surface area contributed by atoms with Gasteiger partial charge >= 0.3 is 0 Å². The molecule has 0 aromatic heterocycles. The molecule has 102 valence electrons. The highest BCUT2D eigenvalue weighted by atomic mass is 32.2. The molecule has 1 aromatic rings. The molecule has 1 atom stereocenters. The van der Waals surface area contributed by atoms with Crippen LogP contribution in [0.25, 0.3) is 0 Å². The Hall–Kier alpha value is -1.80. The van der Waals surface area contributed by atoms with Gasteiger partial charge in [0.25, 0.3) is 11.6 Å². The fourth-order valence-corrected chi connectivity index (χ4v) is 3.02. The lowest BCUT2D eigenvalue weighted by Crippen LogP contribution is -2.34. The van der Waals surface area contributed by atoms with Crippen molar-refractivity contribution in [3.63, 3.8) is 0 Å². The Morgan fingerprint density at radius 3 is 2.89 bits per heavy atom. The summed E-state index contributed by atoms with van der Waals surface area (Å²) in [5, 5.41) is 13.7. The van der Waals surface area contributed by atoms with Crippen LogP contribution in [0.4, 0.5) is 11.4 Å². The second-order valence-corrected chi connectivity index (χ2v) is 5.32. The monoisotopic (exact) mass is 282 g/mol. The van der Waals surface area contributed by atoms with E-state index in [4.69, 9.17) is 5.84 Å². The number of nitrogens with zero attached hydrogens (tertiary/aromatic N) is 1. The molecule has 4 N–H and O–H groups in total. The third kappa shape index (κ3) is 3.15. The van der Waals surface area contributed by atoms with Crippen LogP contribution in [0.5, 0.6) is 0 Å². The van der Waals surface area contributed by atoms with Gasteiger partial charge in [-0.25, -0.2) is 0 Å². The number of amides is 1. The first kappa shape index (κ1) is 13.6. The molecule has 8 heteroatoms. The standard InChI is InChI=1S/C11H14N4O3S/c12-14-9-2-1-7(5-10(9)15(17)18)11(16)13-8-3-4-19-6-8/h1-2,5,8,14H,3-4,6,12H2,(H,13,16). The van der Waals surface area contributed by atoms with Crippen molar-refractivity contribution in [3.05, 3.63) is 33.9 Å². The fraction of sp³-hybridized carbons (Fsp3) is 0.364. The molecule has 0 bridgehead atoms. The molecule has 19 heavy (non-hydrogen) atoms. The van der Waals surface area contributed by atoms with Crippen molar-refractivity contribution in [2.24, 2.45) is 5.84 Å². The van der Waals surface area contributed by atoms with Crippen LogP contribution in [-0.4, -0.2) is 28.4 Å². The smallest absolute Gasteiger partial charge is 0.294 e. The third-order valence-electron chi connectivity index (χ3n) is 2.88. The summed E-state index contributed by atoms with van der Waals surface area (Å²) in [4.78, 5) is 22.3. The van der Waals surface area contributed by atoms with Gasteiger partial charge in [0.15, 0.2) is 0 Å². The first-order chi connectivity index (χ1) is 9.11. The lowest BCUT2D eigenvalue weighted by molar-refractivity contribution is -0.384. The Morgan fingerprint density at radius 1 is 1.53 bits per heavy atom. The van der Waals surface area contributed by atoms with Crippen molar-refractivity contribution in [1.29, 1.82) is 0 Å². The zero-order valence-electron chi connectivity index (χ0n) is 10.1. The molecule has 1 aliphatic rings. The van der Waals surface area contributed by atoms with Crippen molar-refractivity contribution in [3.8, 4) is 0 Å². The average Bonchev–Trinajstić information content (AvgIpc) is 2.90. The number of anilines is 1. The SMILES string of the molecule is NNc1ccc(C(=O)NC2CCSC2)cc1[N+](=O)[O-]. The maximum atomic E-state index is 12.0. The van der Waals surface area contributed by atoms with E-state index in [0.29, 0.717) is 0 Å². The number of hydrogen-bond acceptors (Lipinski definition) is 6. The van der Waals surface area contributed by atoms with E-state index in [0.717, 1.165) is 17.9 Å². The van der Waals surface area contributed by atoms with Gasteiger partial charge in [-0.2, -0.15) is 11.8 Å². The number of carbonyl (C=O) groups excluding carboxylic acids is 1. The third-order valence-corrected chi connectivity index (χ3v) is 4.04. The van der Waals surface area contributed by atoms with Gasteiger partial charge < -0.3 is 10.7 Å². The second-order valence-electron chi connectivity index (χ2n) is 4.17. The summed E-state index contributed by atoms with van der Waals surface area (Å²) in [7, 11) is 0. The number of nitrogens with one attached hydrogen (secondary N) is 2. The molecule has 1 amide bonds. The number of rotatable bonds is 4. The van der Waals surface area contributed by atoms with Gasteiger partial charge in [0.2, 0.25) is 0 Å². The molecule has 1 unspecified atom stereocenters. The summed E-state index contributed by atoms with van der Waals surface area (Å²) in [5.41, 5.74) is 2.47. The van der Waals surface area contributed by atoms with Crippen LogP contribution in [0.1, 0.15) is 16.8 Å². The molecule has 0 aliphatic carbocycles. The molecule has 1 saturated heterocycles. The van der Waals surface area contributed by atoms with Crippen LogP contribution in [0.2, 0.25) is 0 Å². The maximum Gasteiger partial charge on any atom is 0.294 e. The van der Waals surface area contributed by atoms with Gasteiger partial charge in [-0.3, -0.25) is 20.8 Å². The Balaban J connectivity index is 2.17. The predicted molar refractivity (Wildman–Crippen MR) is 74.1 cm³/mol. The van der Waals surface area contributed by atoms with Gasteiger partial charge in [0, 0.05) is 23.4 Å². The highest BCUT2D eigenvalue weighted by molar-refractivity contribution is 7.99. The molecule has 7 nitrogen and oxygen atoms in total. The van der Waals surface area contributed by atoms with E-state index in [1.54, 1.807) is 11.8 Å². The Morgan fingerprint density at radius 2 is 2.32 bits per heavy atom. The van der Waals surface area contributed by atoms with Crippen LogP contribution >= 0.6 is 11.8 Å². The van der Waals surface area contributed by atoms with Crippen molar-refractivity contribution >= 4 is 29.0 Å². The zero-order valence-corrected chi connectivity index (χ0v) is 10.9. The van der Waals surface area contributed by atoms with E-state index in [2.05, 4.69) is 10.7 Å². The lowest BCUT2D eigenvalue weighted by atomic mass is 10.1. The Bertz CT molecular complexity index is 503. The first-order valence-electron chi connectivity index (χ1n) is 5.75. The van der Waals surface area contributed by atoms with Crippen LogP contribution in [0.3, 0.4) is 0 Å². The number of hydrogen-bond donors (Lipinski definition) is 3. The summed E-state index contributed by atoms with van der Waals surface area (Å²) in [6.07, 6.45) is 0.931. The van der Waals surface area contributed by atoms with E-state index < -0.39 is 4.92 Å². The zero-order chi connectivity index (χ0) is 13.8. The van der Waals surface area contributed by atoms with Crippen molar-refractivity contribution < 1.29 is 9.72 Å². The number of nitrogens with two attached hydrogens (primary N) is 1. The highest BCUT2D eigenvalue weighted by Gasteiger charge is 2.21. The highest BCUT2D eigenvalue weighted by Crippen LogP contribution is 2.25. The number of nitro benzene ring substituents is 1. The normalized spacial score (nSPS) is 18.1. The van der Waals surface area contributed by atoms with Gasteiger partial charge in [0.1, 0.15) is 5.69 Å². The van der Waals surface area contributed by atoms with Crippen LogP contribution < -0.4 is 16.6 Å². The van der Waals surface area contributed by atoms with E-state index >= 15 is 0 Å². The lowest BCUT2D eigenvalue weighted by Gasteiger charge is -2.11. The molecule has 1 fully saturated rings. The summed E-state index contributed by atoms with van der Waals surface area (Å²) in [6, 6.07) is 4.31. The minimum atomic E-state index is -0.572. The van der Waals surface area contributed by atoms with Gasteiger partial charge in [-0.1, -0.05) is 0 Å². The van der Waals surface area contributed by atoms with Gasteiger partial charge in [-0.15, -0.1) is 0 Å². The number of benzene rings is 1. The van der Waals surface area contributed by atoms with Gasteiger partial charge in [-0.05, 0) is 24.3 Å². The van der Waals surface area contributed by atoms with Crippen LogP contribution in [0.15, 0.2) is 18.2 Å². The number of hydrazine groups is 1. The molecule has 2 rings (SSSR count). The van der Waals surface area contributed by atoms with E-state index in [1.165, 1.54) is 18.2 Å². The minimum Gasteiger partial charge on any atom is -0.348 e. The summed E-state index contributed by atoms with van der Waals surface area (Å²) in [6.45, 7) is 0. The van der Waals surface area contributed by atoms with E-state index in [-0.39, 0.29) is 28.9 Å². The topological polar surface area (TPSA) is 110 Å². The molecular formula is C11H14N4O3S.